The number of hydrogen-bond acceptors (Lipinski definition) is 3. The molecule has 0 aromatic heterocycles. The zero-order chi connectivity index (χ0) is 14.0. The summed E-state index contributed by atoms with van der Waals surface area (Å²) in [7, 11) is 2.13. The first-order valence-electron chi connectivity index (χ1n) is 7.69. The van der Waals surface area contributed by atoms with Crippen molar-refractivity contribution in [3.05, 3.63) is 35.9 Å². The van der Waals surface area contributed by atoms with Crippen LogP contribution in [0.3, 0.4) is 0 Å². The Morgan fingerprint density at radius 3 is 2.80 bits per heavy atom. The summed E-state index contributed by atoms with van der Waals surface area (Å²) in [6, 6.07) is 10.8. The van der Waals surface area contributed by atoms with Gasteiger partial charge in [-0.3, -0.25) is 4.90 Å². The first kappa shape index (κ1) is 14.1. The predicted molar refractivity (Wildman–Crippen MR) is 79.4 cm³/mol. The summed E-state index contributed by atoms with van der Waals surface area (Å²) in [5, 5.41) is 10.4. The lowest BCUT2D eigenvalue weighted by atomic mass is 9.70. The van der Waals surface area contributed by atoms with Crippen molar-refractivity contribution in [2.75, 3.05) is 20.3 Å². The maximum absolute atomic E-state index is 10.4. The highest BCUT2D eigenvalue weighted by molar-refractivity contribution is 5.14. The molecule has 0 radical (unpaired) electrons. The van der Waals surface area contributed by atoms with Crippen LogP contribution in [-0.4, -0.2) is 42.4 Å². The standard InChI is InChI=1S/C17H25NO2/c1-18(12-14-5-3-2-4-6-14)15-11-17(8-7-16(15)19)9-10-20-13-17/h2-6,15-16,19H,7-13H2,1H3/t15-,16-,17?/m0/s1. The number of benzene rings is 1. The van der Waals surface area contributed by atoms with Crippen LogP contribution in [0.1, 0.15) is 31.2 Å². The Morgan fingerprint density at radius 2 is 2.10 bits per heavy atom. The van der Waals surface area contributed by atoms with Gasteiger partial charge in [-0.05, 0) is 43.7 Å². The molecule has 3 nitrogen and oxygen atoms in total. The molecule has 1 aliphatic carbocycles. The number of rotatable bonds is 3. The molecular weight excluding hydrogens is 250 g/mol. The van der Waals surface area contributed by atoms with Crippen molar-refractivity contribution in [2.45, 2.75) is 44.4 Å². The van der Waals surface area contributed by atoms with Gasteiger partial charge in [-0.1, -0.05) is 30.3 Å². The Balaban J connectivity index is 1.67. The van der Waals surface area contributed by atoms with E-state index in [9.17, 15) is 5.11 Å². The summed E-state index contributed by atoms with van der Waals surface area (Å²) < 4.78 is 5.62. The predicted octanol–water partition coefficient (Wildman–Crippen LogP) is 2.44. The average molecular weight is 275 g/mol. The number of aliphatic hydroxyl groups is 1. The van der Waals surface area contributed by atoms with Crippen molar-refractivity contribution >= 4 is 0 Å². The molecule has 3 atom stereocenters. The molecule has 0 bridgehead atoms. The van der Waals surface area contributed by atoms with Crippen LogP contribution in [0.15, 0.2) is 30.3 Å². The molecule has 2 aliphatic rings. The Kier molecular flexibility index (Phi) is 4.11. The smallest absolute Gasteiger partial charge is 0.0695 e. The van der Waals surface area contributed by atoms with Gasteiger partial charge in [0.1, 0.15) is 0 Å². The first-order valence-corrected chi connectivity index (χ1v) is 7.69. The van der Waals surface area contributed by atoms with E-state index in [1.165, 1.54) is 5.56 Å². The van der Waals surface area contributed by atoms with Crippen LogP contribution in [0.2, 0.25) is 0 Å². The molecule has 1 aromatic rings. The highest BCUT2D eigenvalue weighted by atomic mass is 16.5. The lowest BCUT2D eigenvalue weighted by Crippen LogP contribution is -2.49. The minimum atomic E-state index is -0.199. The largest absolute Gasteiger partial charge is 0.391 e. The van der Waals surface area contributed by atoms with Gasteiger partial charge in [0.25, 0.3) is 0 Å². The highest BCUT2D eigenvalue weighted by Gasteiger charge is 2.43. The summed E-state index contributed by atoms with van der Waals surface area (Å²) in [6.45, 7) is 2.68. The molecule has 3 rings (SSSR count). The molecule has 110 valence electrons. The van der Waals surface area contributed by atoms with Crippen LogP contribution in [-0.2, 0) is 11.3 Å². The number of aliphatic hydroxyl groups excluding tert-OH is 1. The van der Waals surface area contributed by atoms with Gasteiger partial charge < -0.3 is 9.84 Å². The summed E-state index contributed by atoms with van der Waals surface area (Å²) in [4.78, 5) is 2.32. The topological polar surface area (TPSA) is 32.7 Å². The van der Waals surface area contributed by atoms with Gasteiger partial charge in [-0.15, -0.1) is 0 Å². The SMILES string of the molecule is CN(Cc1ccccc1)[C@H]1CC2(CCOC2)CC[C@@H]1O. The van der Waals surface area contributed by atoms with Gasteiger partial charge in [0, 0.05) is 19.2 Å². The molecule has 1 spiro atoms. The van der Waals surface area contributed by atoms with Crippen molar-refractivity contribution in [3.8, 4) is 0 Å². The van der Waals surface area contributed by atoms with Crippen molar-refractivity contribution in [2.24, 2.45) is 5.41 Å². The third-order valence-electron chi connectivity index (χ3n) is 5.08. The number of likely N-dealkylation sites (N-methyl/N-ethyl adjacent to an activating group) is 1. The van der Waals surface area contributed by atoms with Gasteiger partial charge >= 0.3 is 0 Å². The Labute approximate surface area is 121 Å². The van der Waals surface area contributed by atoms with E-state index in [0.717, 1.165) is 45.4 Å². The van der Waals surface area contributed by atoms with Crippen LogP contribution in [0.5, 0.6) is 0 Å². The highest BCUT2D eigenvalue weighted by Crippen LogP contribution is 2.44. The third kappa shape index (κ3) is 2.90. The fourth-order valence-corrected chi connectivity index (χ4v) is 3.77. The Morgan fingerprint density at radius 1 is 1.30 bits per heavy atom. The van der Waals surface area contributed by atoms with E-state index in [0.29, 0.717) is 5.41 Å². The quantitative estimate of drug-likeness (QED) is 0.919. The van der Waals surface area contributed by atoms with E-state index in [2.05, 4.69) is 36.2 Å². The summed E-state index contributed by atoms with van der Waals surface area (Å²) in [5.41, 5.74) is 1.64. The van der Waals surface area contributed by atoms with Crippen molar-refractivity contribution in [3.63, 3.8) is 0 Å². The Hall–Kier alpha value is -0.900. The van der Waals surface area contributed by atoms with Crippen LogP contribution in [0.4, 0.5) is 0 Å². The molecule has 1 heterocycles. The first-order chi connectivity index (χ1) is 9.69. The second kappa shape index (κ2) is 5.84. The van der Waals surface area contributed by atoms with E-state index in [1.54, 1.807) is 0 Å². The van der Waals surface area contributed by atoms with E-state index in [-0.39, 0.29) is 12.1 Å². The van der Waals surface area contributed by atoms with Gasteiger partial charge in [0.2, 0.25) is 0 Å². The number of ether oxygens (including phenoxy) is 1. The van der Waals surface area contributed by atoms with E-state index in [4.69, 9.17) is 4.74 Å². The van der Waals surface area contributed by atoms with Crippen LogP contribution in [0, 0.1) is 5.41 Å². The molecular formula is C17H25NO2. The molecule has 1 N–H and O–H groups in total. The lowest BCUT2D eigenvalue weighted by Gasteiger charge is -2.43. The molecule has 20 heavy (non-hydrogen) atoms. The molecule has 1 saturated heterocycles. The van der Waals surface area contributed by atoms with Crippen molar-refractivity contribution in [1.29, 1.82) is 0 Å². The minimum absolute atomic E-state index is 0.199. The molecule has 1 unspecified atom stereocenters. The summed E-state index contributed by atoms with van der Waals surface area (Å²) >= 11 is 0. The molecule has 1 aliphatic heterocycles. The van der Waals surface area contributed by atoms with E-state index >= 15 is 0 Å². The van der Waals surface area contributed by atoms with Gasteiger partial charge in [-0.2, -0.15) is 0 Å². The Bertz CT molecular complexity index is 428. The number of nitrogens with zero attached hydrogens (tertiary/aromatic N) is 1. The monoisotopic (exact) mass is 275 g/mol. The molecule has 2 fully saturated rings. The molecule has 3 heteroatoms. The normalized spacial score (nSPS) is 34.0. The zero-order valence-electron chi connectivity index (χ0n) is 12.3. The van der Waals surface area contributed by atoms with E-state index < -0.39 is 0 Å². The van der Waals surface area contributed by atoms with Gasteiger partial charge in [-0.25, -0.2) is 0 Å². The second-order valence-corrected chi connectivity index (χ2v) is 6.58. The van der Waals surface area contributed by atoms with Crippen LogP contribution in [0.25, 0.3) is 0 Å². The summed E-state index contributed by atoms with van der Waals surface area (Å²) in [5.74, 6) is 0. The zero-order valence-corrected chi connectivity index (χ0v) is 12.3. The fourth-order valence-electron chi connectivity index (χ4n) is 3.77. The lowest BCUT2D eigenvalue weighted by molar-refractivity contribution is -0.0239. The third-order valence-corrected chi connectivity index (χ3v) is 5.08. The molecule has 1 aromatic carbocycles. The molecule has 0 amide bonds. The maximum Gasteiger partial charge on any atom is 0.0695 e. The maximum atomic E-state index is 10.4. The number of hydrogen-bond donors (Lipinski definition) is 1. The van der Waals surface area contributed by atoms with Crippen molar-refractivity contribution in [1.82, 2.24) is 4.90 Å². The average Bonchev–Trinajstić information content (AvgIpc) is 2.91. The molecule has 1 saturated carbocycles. The van der Waals surface area contributed by atoms with Crippen LogP contribution >= 0.6 is 0 Å². The van der Waals surface area contributed by atoms with Crippen molar-refractivity contribution < 1.29 is 9.84 Å². The van der Waals surface area contributed by atoms with E-state index in [1.807, 2.05) is 6.07 Å². The minimum Gasteiger partial charge on any atom is -0.391 e. The fraction of sp³-hybridized carbons (Fsp3) is 0.647. The van der Waals surface area contributed by atoms with Gasteiger partial charge in [0.15, 0.2) is 0 Å². The van der Waals surface area contributed by atoms with Gasteiger partial charge in [0.05, 0.1) is 12.7 Å². The second-order valence-electron chi connectivity index (χ2n) is 6.58. The summed E-state index contributed by atoms with van der Waals surface area (Å²) in [6.07, 6.45) is 4.05. The van der Waals surface area contributed by atoms with Crippen LogP contribution < -0.4 is 0 Å².